The molecule has 5 atom stereocenters. The molecular weight excluding hydrogens is 460 g/mol. The number of amides is 2. The van der Waals surface area contributed by atoms with E-state index in [0.717, 1.165) is 12.0 Å². The highest BCUT2D eigenvalue weighted by Crippen LogP contribution is 2.24. The lowest BCUT2D eigenvalue weighted by Gasteiger charge is -2.40. The Balaban J connectivity index is 3.06. The Hall–Kier alpha value is -2.61. The minimum absolute atomic E-state index is 0.0148. The van der Waals surface area contributed by atoms with E-state index in [-0.39, 0.29) is 36.7 Å². The SMILES string of the molecule is CC[C@H](C)[C@@H]([C@@H](CC(=O)OC(C)(C)C)OC)N(C)C(=O)[C@@H](NC(=O)OCc1ccccc1)[C@@H](C)CC. The number of methoxy groups -OCH3 is 1. The first-order valence-electron chi connectivity index (χ1n) is 12.8. The third kappa shape index (κ3) is 10.2. The van der Waals surface area contributed by atoms with Gasteiger partial charge in [0.25, 0.3) is 0 Å². The first-order chi connectivity index (χ1) is 16.8. The summed E-state index contributed by atoms with van der Waals surface area (Å²) in [6.07, 6.45) is 0.259. The molecule has 204 valence electrons. The van der Waals surface area contributed by atoms with E-state index in [0.29, 0.717) is 6.42 Å². The Morgan fingerprint density at radius 3 is 2.08 bits per heavy atom. The molecule has 1 rings (SSSR count). The largest absolute Gasteiger partial charge is 0.460 e. The van der Waals surface area contributed by atoms with E-state index in [9.17, 15) is 14.4 Å². The van der Waals surface area contributed by atoms with E-state index in [1.165, 1.54) is 7.11 Å². The standard InChI is InChI=1S/C28H46N2O6/c1-10-19(3)24(29-27(33)35-18-21-15-13-12-14-16-21)26(32)30(8)25(20(4)11-2)22(34-9)17-23(31)36-28(5,6)7/h12-16,19-20,22,24-25H,10-11,17-18H2,1-9H3,(H,29,33)/t19-,20-,22+,24-,25-/m0/s1. The van der Waals surface area contributed by atoms with Crippen LogP contribution in [0.5, 0.6) is 0 Å². The van der Waals surface area contributed by atoms with Crippen molar-refractivity contribution in [1.29, 1.82) is 0 Å². The lowest BCUT2D eigenvalue weighted by Crippen LogP contribution is -2.57. The quantitative estimate of drug-likeness (QED) is 0.381. The maximum Gasteiger partial charge on any atom is 0.408 e. The highest BCUT2D eigenvalue weighted by atomic mass is 16.6. The van der Waals surface area contributed by atoms with Gasteiger partial charge in [-0.15, -0.1) is 0 Å². The average molecular weight is 507 g/mol. The van der Waals surface area contributed by atoms with Crippen LogP contribution in [-0.2, 0) is 30.4 Å². The smallest absolute Gasteiger partial charge is 0.408 e. The number of alkyl carbamates (subject to hydrolysis) is 1. The maximum atomic E-state index is 13.7. The fourth-order valence-electron chi connectivity index (χ4n) is 4.07. The van der Waals surface area contributed by atoms with Crippen molar-refractivity contribution in [2.75, 3.05) is 14.2 Å². The molecule has 0 aliphatic rings. The molecule has 0 bridgehead atoms. The van der Waals surface area contributed by atoms with Crippen molar-refractivity contribution in [2.24, 2.45) is 11.8 Å². The zero-order chi connectivity index (χ0) is 27.5. The van der Waals surface area contributed by atoms with Crippen molar-refractivity contribution in [2.45, 2.75) is 98.1 Å². The van der Waals surface area contributed by atoms with Crippen molar-refractivity contribution in [3.05, 3.63) is 35.9 Å². The Morgan fingerprint density at radius 2 is 1.58 bits per heavy atom. The summed E-state index contributed by atoms with van der Waals surface area (Å²) in [5.41, 5.74) is 0.243. The fourth-order valence-corrected chi connectivity index (χ4v) is 4.07. The molecule has 0 unspecified atom stereocenters. The number of hydrogen-bond donors (Lipinski definition) is 1. The second-order valence-corrected chi connectivity index (χ2v) is 10.5. The van der Waals surface area contributed by atoms with Crippen molar-refractivity contribution in [3.63, 3.8) is 0 Å². The molecule has 0 radical (unpaired) electrons. The molecule has 0 aromatic heterocycles. The first-order valence-corrected chi connectivity index (χ1v) is 12.8. The van der Waals surface area contributed by atoms with Gasteiger partial charge in [0.05, 0.1) is 18.6 Å². The van der Waals surface area contributed by atoms with E-state index in [2.05, 4.69) is 5.32 Å². The van der Waals surface area contributed by atoms with Gasteiger partial charge in [0, 0.05) is 14.2 Å². The van der Waals surface area contributed by atoms with Crippen LogP contribution in [0.25, 0.3) is 0 Å². The first kappa shape index (κ1) is 31.4. The molecule has 8 heteroatoms. The lowest BCUT2D eigenvalue weighted by atomic mass is 9.89. The van der Waals surface area contributed by atoms with Gasteiger partial charge in [-0.05, 0) is 38.2 Å². The fraction of sp³-hybridized carbons (Fsp3) is 0.679. The van der Waals surface area contributed by atoms with Crippen LogP contribution in [0.3, 0.4) is 0 Å². The molecule has 2 amide bonds. The van der Waals surface area contributed by atoms with Gasteiger partial charge in [-0.2, -0.15) is 0 Å². The molecule has 1 aromatic carbocycles. The molecule has 36 heavy (non-hydrogen) atoms. The molecule has 8 nitrogen and oxygen atoms in total. The van der Waals surface area contributed by atoms with Crippen molar-refractivity contribution >= 4 is 18.0 Å². The highest BCUT2D eigenvalue weighted by molar-refractivity contribution is 5.86. The molecule has 0 fully saturated rings. The lowest BCUT2D eigenvalue weighted by molar-refractivity contribution is -0.160. The van der Waals surface area contributed by atoms with Crippen LogP contribution in [0.15, 0.2) is 30.3 Å². The van der Waals surface area contributed by atoms with Crippen molar-refractivity contribution in [3.8, 4) is 0 Å². The topological polar surface area (TPSA) is 94.2 Å². The van der Waals surface area contributed by atoms with E-state index >= 15 is 0 Å². The predicted octanol–water partition coefficient (Wildman–Crippen LogP) is 4.95. The number of hydrogen-bond acceptors (Lipinski definition) is 6. The normalized spacial score (nSPS) is 15.7. The summed E-state index contributed by atoms with van der Waals surface area (Å²) in [6.45, 7) is 13.5. The number of carbonyl (C=O) groups is 3. The average Bonchev–Trinajstić information content (AvgIpc) is 2.83. The van der Waals surface area contributed by atoms with Gasteiger partial charge in [-0.1, -0.05) is 70.9 Å². The van der Waals surface area contributed by atoms with Gasteiger partial charge in [-0.25, -0.2) is 4.79 Å². The molecular formula is C28H46N2O6. The van der Waals surface area contributed by atoms with Crippen LogP contribution in [-0.4, -0.2) is 60.8 Å². The molecule has 0 heterocycles. The van der Waals surface area contributed by atoms with Gasteiger partial charge in [0.1, 0.15) is 18.2 Å². The number of carbonyl (C=O) groups excluding carboxylic acids is 3. The summed E-state index contributed by atoms with van der Waals surface area (Å²) >= 11 is 0. The molecule has 1 N–H and O–H groups in total. The number of likely N-dealkylation sites (N-methyl/N-ethyl adjacent to an activating group) is 1. The van der Waals surface area contributed by atoms with E-state index < -0.39 is 29.9 Å². The van der Waals surface area contributed by atoms with Crippen LogP contribution < -0.4 is 5.32 Å². The Kier molecular flexibility index (Phi) is 12.9. The van der Waals surface area contributed by atoms with E-state index in [4.69, 9.17) is 14.2 Å². The van der Waals surface area contributed by atoms with Gasteiger partial charge < -0.3 is 24.4 Å². The number of rotatable bonds is 13. The third-order valence-corrected chi connectivity index (χ3v) is 6.46. The minimum Gasteiger partial charge on any atom is -0.460 e. The number of esters is 1. The van der Waals surface area contributed by atoms with Crippen LogP contribution in [0, 0.1) is 11.8 Å². The molecule has 1 aromatic rings. The van der Waals surface area contributed by atoms with Gasteiger partial charge >= 0.3 is 12.1 Å². The summed E-state index contributed by atoms with van der Waals surface area (Å²) in [5.74, 6) is -0.732. The number of benzene rings is 1. The summed E-state index contributed by atoms with van der Waals surface area (Å²) in [7, 11) is 3.24. The molecule has 0 aliphatic carbocycles. The summed E-state index contributed by atoms with van der Waals surface area (Å²) < 4.78 is 16.6. The predicted molar refractivity (Wildman–Crippen MR) is 140 cm³/mol. The minimum atomic E-state index is -0.783. The molecule has 0 saturated carbocycles. The summed E-state index contributed by atoms with van der Waals surface area (Å²) in [6, 6.07) is 8.18. The van der Waals surface area contributed by atoms with E-state index in [1.807, 2.05) is 78.8 Å². The van der Waals surface area contributed by atoms with Crippen LogP contribution in [0.1, 0.15) is 73.3 Å². The van der Waals surface area contributed by atoms with Crippen LogP contribution in [0.2, 0.25) is 0 Å². The van der Waals surface area contributed by atoms with Crippen molar-refractivity contribution in [1.82, 2.24) is 10.2 Å². The zero-order valence-corrected chi connectivity index (χ0v) is 23.5. The van der Waals surface area contributed by atoms with Gasteiger partial charge in [-0.3, -0.25) is 9.59 Å². The number of nitrogens with one attached hydrogen (secondary N) is 1. The molecule has 0 aliphatic heterocycles. The third-order valence-electron chi connectivity index (χ3n) is 6.46. The Morgan fingerprint density at radius 1 is 1.00 bits per heavy atom. The Bertz CT molecular complexity index is 823. The summed E-state index contributed by atoms with van der Waals surface area (Å²) in [5, 5.41) is 2.77. The Labute approximate surface area is 217 Å². The monoisotopic (exact) mass is 506 g/mol. The van der Waals surface area contributed by atoms with Crippen molar-refractivity contribution < 1.29 is 28.6 Å². The zero-order valence-electron chi connectivity index (χ0n) is 23.5. The maximum absolute atomic E-state index is 13.7. The van der Waals surface area contributed by atoms with Gasteiger partial charge in [0.2, 0.25) is 5.91 Å². The van der Waals surface area contributed by atoms with E-state index in [1.54, 1.807) is 11.9 Å². The highest BCUT2D eigenvalue weighted by Gasteiger charge is 2.38. The summed E-state index contributed by atoms with van der Waals surface area (Å²) in [4.78, 5) is 40.5. The number of nitrogens with zero attached hydrogens (tertiary/aromatic N) is 1. The van der Waals surface area contributed by atoms with Crippen LogP contribution in [0.4, 0.5) is 4.79 Å². The van der Waals surface area contributed by atoms with Gasteiger partial charge in [0.15, 0.2) is 0 Å². The molecule has 0 saturated heterocycles. The second kappa shape index (κ2) is 14.8. The van der Waals surface area contributed by atoms with Crippen LogP contribution >= 0.6 is 0 Å². The number of ether oxygens (including phenoxy) is 3. The molecule has 0 spiro atoms. The second-order valence-electron chi connectivity index (χ2n) is 10.5.